The van der Waals surface area contributed by atoms with Crippen molar-refractivity contribution in [3.63, 3.8) is 0 Å². The minimum atomic E-state index is 0. The van der Waals surface area contributed by atoms with Crippen molar-refractivity contribution in [3.8, 4) is 0 Å². The standard InChI is InChI=1S/C12H17ClN2O.ClH/c1-14-9-12(16)15(2)8-7-10-3-5-11(13)6-4-10;/h3-6,14H,7-9H2,1-2H3;1H. The highest BCUT2D eigenvalue weighted by molar-refractivity contribution is 6.30. The number of benzene rings is 1. The number of carbonyl (C=O) groups is 1. The van der Waals surface area contributed by atoms with Crippen molar-refractivity contribution < 1.29 is 4.79 Å². The minimum absolute atomic E-state index is 0. The Morgan fingerprint density at radius 3 is 2.47 bits per heavy atom. The van der Waals surface area contributed by atoms with Crippen molar-refractivity contribution in [1.82, 2.24) is 10.2 Å². The van der Waals surface area contributed by atoms with E-state index in [1.54, 1.807) is 11.9 Å². The summed E-state index contributed by atoms with van der Waals surface area (Å²) in [7, 11) is 3.58. The largest absolute Gasteiger partial charge is 0.344 e. The summed E-state index contributed by atoms with van der Waals surface area (Å²) in [5, 5.41) is 3.58. The van der Waals surface area contributed by atoms with Crippen LogP contribution in [0.5, 0.6) is 0 Å². The summed E-state index contributed by atoms with van der Waals surface area (Å²) in [5.74, 6) is 0.108. The van der Waals surface area contributed by atoms with Crippen LogP contribution in [0.2, 0.25) is 5.02 Å². The zero-order chi connectivity index (χ0) is 12.0. The van der Waals surface area contributed by atoms with Gasteiger partial charge in [-0.25, -0.2) is 0 Å². The number of amides is 1. The Kier molecular flexibility index (Phi) is 7.96. The molecule has 0 spiro atoms. The smallest absolute Gasteiger partial charge is 0.236 e. The van der Waals surface area contributed by atoms with Gasteiger partial charge in [-0.1, -0.05) is 23.7 Å². The predicted octanol–water partition coefficient (Wildman–Crippen LogP) is 1.98. The fourth-order valence-corrected chi connectivity index (χ4v) is 1.48. The fraction of sp³-hybridized carbons (Fsp3) is 0.417. The quantitative estimate of drug-likeness (QED) is 0.892. The zero-order valence-corrected chi connectivity index (χ0v) is 11.6. The third-order valence-electron chi connectivity index (χ3n) is 2.40. The van der Waals surface area contributed by atoms with Crippen LogP contribution in [0.1, 0.15) is 5.56 Å². The maximum absolute atomic E-state index is 11.5. The second kappa shape index (κ2) is 8.34. The molecule has 17 heavy (non-hydrogen) atoms. The van der Waals surface area contributed by atoms with Gasteiger partial charge in [0.2, 0.25) is 5.91 Å². The van der Waals surface area contributed by atoms with Gasteiger partial charge in [-0.2, -0.15) is 0 Å². The Balaban J connectivity index is 0.00000256. The van der Waals surface area contributed by atoms with Crippen molar-refractivity contribution in [2.24, 2.45) is 0 Å². The number of likely N-dealkylation sites (N-methyl/N-ethyl adjacent to an activating group) is 2. The van der Waals surface area contributed by atoms with Gasteiger partial charge in [0.15, 0.2) is 0 Å². The molecule has 0 bridgehead atoms. The summed E-state index contributed by atoms with van der Waals surface area (Å²) in [5.41, 5.74) is 1.19. The molecule has 96 valence electrons. The molecule has 0 saturated carbocycles. The first-order valence-corrected chi connectivity index (χ1v) is 5.64. The van der Waals surface area contributed by atoms with Crippen LogP contribution in [0.15, 0.2) is 24.3 Å². The molecule has 0 fully saturated rings. The van der Waals surface area contributed by atoms with Gasteiger partial charge in [0, 0.05) is 18.6 Å². The van der Waals surface area contributed by atoms with Crippen LogP contribution >= 0.6 is 24.0 Å². The van der Waals surface area contributed by atoms with E-state index in [1.165, 1.54) is 5.56 Å². The van der Waals surface area contributed by atoms with Crippen LogP contribution in [0.3, 0.4) is 0 Å². The number of carbonyl (C=O) groups excluding carboxylic acids is 1. The van der Waals surface area contributed by atoms with Gasteiger partial charge >= 0.3 is 0 Å². The maximum Gasteiger partial charge on any atom is 0.236 e. The van der Waals surface area contributed by atoms with Gasteiger partial charge in [-0.15, -0.1) is 12.4 Å². The van der Waals surface area contributed by atoms with Crippen LogP contribution < -0.4 is 5.32 Å². The lowest BCUT2D eigenvalue weighted by atomic mass is 10.1. The first-order valence-electron chi connectivity index (χ1n) is 5.26. The SMILES string of the molecule is CNCC(=O)N(C)CCc1ccc(Cl)cc1.Cl. The molecule has 1 amide bonds. The molecule has 0 atom stereocenters. The van der Waals surface area contributed by atoms with E-state index < -0.39 is 0 Å². The molecular weight excluding hydrogens is 259 g/mol. The molecule has 0 aliphatic carbocycles. The second-order valence-corrected chi connectivity index (χ2v) is 4.16. The highest BCUT2D eigenvalue weighted by Gasteiger charge is 2.06. The molecule has 1 rings (SSSR count). The lowest BCUT2D eigenvalue weighted by molar-refractivity contribution is -0.128. The van der Waals surface area contributed by atoms with Crippen LogP contribution in [0.25, 0.3) is 0 Å². The van der Waals surface area contributed by atoms with Crippen molar-refractivity contribution in [1.29, 1.82) is 0 Å². The molecule has 1 N–H and O–H groups in total. The number of rotatable bonds is 5. The van der Waals surface area contributed by atoms with Crippen LogP contribution in [0.4, 0.5) is 0 Å². The summed E-state index contributed by atoms with van der Waals surface area (Å²) in [6.07, 6.45) is 0.850. The van der Waals surface area contributed by atoms with E-state index in [4.69, 9.17) is 11.6 Å². The Labute approximate surface area is 114 Å². The predicted molar refractivity (Wildman–Crippen MR) is 74.0 cm³/mol. The van der Waals surface area contributed by atoms with Crippen molar-refractivity contribution >= 4 is 29.9 Å². The average molecular weight is 277 g/mol. The number of nitrogens with one attached hydrogen (secondary N) is 1. The van der Waals surface area contributed by atoms with Crippen molar-refractivity contribution in [2.75, 3.05) is 27.2 Å². The molecular formula is C12H18Cl2N2O. The zero-order valence-electron chi connectivity index (χ0n) is 10.1. The molecule has 5 heteroatoms. The highest BCUT2D eigenvalue weighted by Crippen LogP contribution is 2.10. The molecule has 0 saturated heterocycles. The topological polar surface area (TPSA) is 32.3 Å². The van der Waals surface area contributed by atoms with E-state index in [2.05, 4.69) is 5.32 Å². The molecule has 0 aliphatic heterocycles. The van der Waals surface area contributed by atoms with Gasteiger partial charge in [0.25, 0.3) is 0 Å². The van der Waals surface area contributed by atoms with Gasteiger partial charge in [-0.05, 0) is 31.2 Å². The van der Waals surface area contributed by atoms with Crippen molar-refractivity contribution in [2.45, 2.75) is 6.42 Å². The van der Waals surface area contributed by atoms with E-state index in [0.29, 0.717) is 6.54 Å². The van der Waals surface area contributed by atoms with Crippen LogP contribution in [-0.2, 0) is 11.2 Å². The fourth-order valence-electron chi connectivity index (χ4n) is 1.36. The first-order chi connectivity index (χ1) is 7.63. The first kappa shape index (κ1) is 16.2. The summed E-state index contributed by atoms with van der Waals surface area (Å²) >= 11 is 5.79. The summed E-state index contributed by atoms with van der Waals surface area (Å²) in [6, 6.07) is 7.70. The summed E-state index contributed by atoms with van der Waals surface area (Å²) < 4.78 is 0. The third kappa shape index (κ3) is 5.91. The van der Waals surface area contributed by atoms with Crippen LogP contribution in [-0.4, -0.2) is 38.0 Å². The maximum atomic E-state index is 11.5. The Morgan fingerprint density at radius 1 is 1.35 bits per heavy atom. The van der Waals surface area contributed by atoms with E-state index >= 15 is 0 Å². The molecule has 3 nitrogen and oxygen atoms in total. The molecule has 0 aromatic heterocycles. The number of hydrogen-bond acceptors (Lipinski definition) is 2. The Hall–Kier alpha value is -0.770. The van der Waals surface area contributed by atoms with E-state index in [0.717, 1.165) is 18.0 Å². The molecule has 0 heterocycles. The lowest BCUT2D eigenvalue weighted by Gasteiger charge is -2.16. The van der Waals surface area contributed by atoms with E-state index in [9.17, 15) is 4.79 Å². The van der Waals surface area contributed by atoms with Crippen LogP contribution in [0, 0.1) is 0 Å². The normalized spacial score (nSPS) is 9.59. The van der Waals surface area contributed by atoms with E-state index in [1.807, 2.05) is 31.3 Å². The number of hydrogen-bond donors (Lipinski definition) is 1. The third-order valence-corrected chi connectivity index (χ3v) is 2.65. The second-order valence-electron chi connectivity index (χ2n) is 3.72. The molecule has 0 unspecified atom stereocenters. The molecule has 1 aromatic rings. The van der Waals surface area contributed by atoms with E-state index in [-0.39, 0.29) is 18.3 Å². The van der Waals surface area contributed by atoms with Gasteiger partial charge in [0.1, 0.15) is 0 Å². The molecule has 0 aliphatic rings. The Bertz CT molecular complexity index is 341. The molecule has 1 aromatic carbocycles. The Morgan fingerprint density at radius 2 is 1.94 bits per heavy atom. The highest BCUT2D eigenvalue weighted by atomic mass is 35.5. The monoisotopic (exact) mass is 276 g/mol. The van der Waals surface area contributed by atoms with Gasteiger partial charge in [0.05, 0.1) is 6.54 Å². The number of halogens is 2. The van der Waals surface area contributed by atoms with Gasteiger partial charge in [-0.3, -0.25) is 4.79 Å². The minimum Gasteiger partial charge on any atom is -0.344 e. The van der Waals surface area contributed by atoms with Crippen molar-refractivity contribution in [3.05, 3.63) is 34.9 Å². The average Bonchev–Trinajstić information content (AvgIpc) is 2.28. The molecule has 0 radical (unpaired) electrons. The van der Waals surface area contributed by atoms with Gasteiger partial charge < -0.3 is 10.2 Å². The lowest BCUT2D eigenvalue weighted by Crippen LogP contribution is -2.35. The summed E-state index contributed by atoms with van der Waals surface area (Å²) in [4.78, 5) is 13.2. The number of nitrogens with zero attached hydrogens (tertiary/aromatic N) is 1. The summed E-state index contributed by atoms with van der Waals surface area (Å²) in [6.45, 7) is 1.11.